The van der Waals surface area contributed by atoms with E-state index in [-0.39, 0.29) is 17.3 Å². The van der Waals surface area contributed by atoms with E-state index in [4.69, 9.17) is 4.74 Å². The molecule has 0 bridgehead atoms. The minimum atomic E-state index is -0.245. The van der Waals surface area contributed by atoms with Crippen LogP contribution in [0, 0.1) is 5.82 Å². The Morgan fingerprint density at radius 1 is 1.07 bits per heavy atom. The van der Waals surface area contributed by atoms with Gasteiger partial charge < -0.3 is 9.30 Å². The van der Waals surface area contributed by atoms with Crippen LogP contribution in [0.4, 0.5) is 4.39 Å². The fourth-order valence-electron chi connectivity index (χ4n) is 3.05. The van der Waals surface area contributed by atoms with Crippen LogP contribution >= 0.6 is 11.8 Å². The highest BCUT2D eigenvalue weighted by molar-refractivity contribution is 7.98. The molecule has 0 amide bonds. The number of nitrogens with zero attached hydrogens (tertiary/aromatic N) is 3. The van der Waals surface area contributed by atoms with Crippen molar-refractivity contribution >= 4 is 11.8 Å². The summed E-state index contributed by atoms with van der Waals surface area (Å²) in [6.45, 7) is 11.3. The summed E-state index contributed by atoms with van der Waals surface area (Å²) in [4.78, 5) is 0. The van der Waals surface area contributed by atoms with Crippen LogP contribution in [-0.4, -0.2) is 14.8 Å². The lowest BCUT2D eigenvalue weighted by molar-refractivity contribution is 0.210. The normalized spacial score (nSPS) is 12.8. The number of rotatable bonds is 7. The van der Waals surface area contributed by atoms with Crippen molar-refractivity contribution in [2.75, 3.05) is 0 Å². The number of thioether (sulfide) groups is 1. The van der Waals surface area contributed by atoms with Crippen molar-refractivity contribution < 1.29 is 9.13 Å². The number of benzene rings is 2. The van der Waals surface area contributed by atoms with E-state index in [1.807, 2.05) is 36.6 Å². The maximum absolute atomic E-state index is 13.9. The van der Waals surface area contributed by atoms with E-state index >= 15 is 0 Å². The topological polar surface area (TPSA) is 39.9 Å². The standard InChI is InChI=1S/C23H28FN3OS/c1-6-27-21(16(2)28-19-13-11-18(12-14-19)23(3,4)5)25-26-22(27)29-15-17-9-7-8-10-20(17)24/h7-14,16H,6,15H2,1-5H3. The molecule has 0 aliphatic heterocycles. The van der Waals surface area contributed by atoms with Gasteiger partial charge in [-0.05, 0) is 48.6 Å². The van der Waals surface area contributed by atoms with Gasteiger partial charge in [0.25, 0.3) is 0 Å². The Bertz CT molecular complexity index is 948. The fraction of sp³-hybridized carbons (Fsp3) is 0.391. The second-order valence-electron chi connectivity index (χ2n) is 8.00. The summed E-state index contributed by atoms with van der Waals surface area (Å²) < 4.78 is 22.0. The minimum Gasteiger partial charge on any atom is -0.483 e. The Balaban J connectivity index is 1.71. The van der Waals surface area contributed by atoms with Crippen molar-refractivity contribution in [3.63, 3.8) is 0 Å². The molecular formula is C23H28FN3OS. The molecule has 3 rings (SSSR count). The predicted molar refractivity (Wildman–Crippen MR) is 116 cm³/mol. The van der Waals surface area contributed by atoms with Crippen molar-refractivity contribution in [2.24, 2.45) is 0 Å². The third-order valence-electron chi connectivity index (χ3n) is 4.77. The third kappa shape index (κ3) is 5.18. The molecule has 0 fully saturated rings. The third-order valence-corrected chi connectivity index (χ3v) is 5.79. The summed E-state index contributed by atoms with van der Waals surface area (Å²) in [6.07, 6.45) is -0.245. The van der Waals surface area contributed by atoms with Crippen molar-refractivity contribution in [3.05, 3.63) is 71.3 Å². The lowest BCUT2D eigenvalue weighted by Crippen LogP contribution is -2.13. The Morgan fingerprint density at radius 2 is 1.76 bits per heavy atom. The van der Waals surface area contributed by atoms with Crippen LogP contribution in [0.3, 0.4) is 0 Å². The van der Waals surface area contributed by atoms with Gasteiger partial charge in [0.2, 0.25) is 0 Å². The van der Waals surface area contributed by atoms with Crippen molar-refractivity contribution in [1.82, 2.24) is 14.8 Å². The first kappa shape index (κ1) is 21.4. The molecule has 1 unspecified atom stereocenters. The minimum absolute atomic E-state index is 0.108. The van der Waals surface area contributed by atoms with E-state index in [9.17, 15) is 4.39 Å². The van der Waals surface area contributed by atoms with Gasteiger partial charge in [-0.1, -0.05) is 62.9 Å². The zero-order valence-electron chi connectivity index (χ0n) is 17.6. The molecule has 0 N–H and O–H groups in total. The molecule has 0 spiro atoms. The van der Waals surface area contributed by atoms with Crippen LogP contribution in [0.2, 0.25) is 0 Å². The van der Waals surface area contributed by atoms with Crippen LogP contribution in [-0.2, 0) is 17.7 Å². The van der Waals surface area contributed by atoms with Gasteiger partial charge in [-0.3, -0.25) is 0 Å². The highest BCUT2D eigenvalue weighted by Crippen LogP contribution is 2.29. The summed E-state index contributed by atoms with van der Waals surface area (Å²) in [5.74, 6) is 1.88. The molecule has 6 heteroatoms. The van der Waals surface area contributed by atoms with Crippen LogP contribution in [0.25, 0.3) is 0 Å². The van der Waals surface area contributed by atoms with Gasteiger partial charge in [0.1, 0.15) is 11.6 Å². The smallest absolute Gasteiger partial charge is 0.191 e. The van der Waals surface area contributed by atoms with E-state index in [0.717, 1.165) is 23.3 Å². The predicted octanol–water partition coefficient (Wildman–Crippen LogP) is 6.17. The molecule has 0 saturated heterocycles. The molecule has 0 aliphatic carbocycles. The number of hydrogen-bond donors (Lipinski definition) is 0. The molecule has 1 aromatic heterocycles. The Hall–Kier alpha value is -2.34. The second kappa shape index (κ2) is 8.99. The molecule has 0 aliphatic rings. The molecule has 0 saturated carbocycles. The number of aromatic nitrogens is 3. The van der Waals surface area contributed by atoms with Crippen LogP contribution in [0.5, 0.6) is 5.75 Å². The maximum Gasteiger partial charge on any atom is 0.191 e. The summed E-state index contributed by atoms with van der Waals surface area (Å²) in [5.41, 5.74) is 2.03. The molecule has 1 heterocycles. The molecule has 0 radical (unpaired) electrons. The monoisotopic (exact) mass is 413 g/mol. The molecule has 2 aromatic carbocycles. The average Bonchev–Trinajstić information content (AvgIpc) is 3.10. The summed E-state index contributed by atoms with van der Waals surface area (Å²) in [6, 6.07) is 15.0. The Kier molecular flexibility index (Phi) is 6.63. The van der Waals surface area contributed by atoms with Crippen molar-refractivity contribution in [2.45, 2.75) is 63.6 Å². The SMILES string of the molecule is CCn1c(SCc2ccccc2F)nnc1C(C)Oc1ccc(C(C)(C)C)cc1. The first-order chi connectivity index (χ1) is 13.8. The van der Waals surface area contributed by atoms with E-state index in [1.54, 1.807) is 12.1 Å². The molecule has 29 heavy (non-hydrogen) atoms. The number of halogens is 1. The number of hydrogen-bond acceptors (Lipinski definition) is 4. The Labute approximate surface area is 176 Å². The lowest BCUT2D eigenvalue weighted by Gasteiger charge is -2.20. The fourth-order valence-corrected chi connectivity index (χ4v) is 4.05. The highest BCUT2D eigenvalue weighted by Gasteiger charge is 2.20. The van der Waals surface area contributed by atoms with Gasteiger partial charge in [0, 0.05) is 12.3 Å². The van der Waals surface area contributed by atoms with E-state index in [2.05, 4.69) is 43.1 Å². The first-order valence-corrected chi connectivity index (χ1v) is 10.8. The molecule has 1 atom stereocenters. The zero-order valence-corrected chi connectivity index (χ0v) is 18.5. The van der Waals surface area contributed by atoms with E-state index in [0.29, 0.717) is 11.3 Å². The molecule has 3 aromatic rings. The zero-order chi connectivity index (χ0) is 21.0. The Morgan fingerprint density at radius 3 is 2.38 bits per heavy atom. The average molecular weight is 414 g/mol. The van der Waals surface area contributed by atoms with Gasteiger partial charge in [-0.25, -0.2) is 4.39 Å². The first-order valence-electron chi connectivity index (χ1n) is 9.86. The van der Waals surface area contributed by atoms with Gasteiger partial charge in [-0.15, -0.1) is 10.2 Å². The van der Waals surface area contributed by atoms with E-state index in [1.165, 1.54) is 23.4 Å². The van der Waals surface area contributed by atoms with Crippen LogP contribution < -0.4 is 4.74 Å². The van der Waals surface area contributed by atoms with E-state index < -0.39 is 0 Å². The molecule has 154 valence electrons. The number of ether oxygens (including phenoxy) is 1. The van der Waals surface area contributed by atoms with Crippen molar-refractivity contribution in [3.8, 4) is 5.75 Å². The summed E-state index contributed by atoms with van der Waals surface area (Å²) in [7, 11) is 0. The summed E-state index contributed by atoms with van der Waals surface area (Å²) >= 11 is 1.48. The second-order valence-corrected chi connectivity index (χ2v) is 8.94. The van der Waals surface area contributed by atoms with Gasteiger partial charge in [0.05, 0.1) is 0 Å². The van der Waals surface area contributed by atoms with Gasteiger partial charge in [0.15, 0.2) is 17.1 Å². The molecular weight excluding hydrogens is 385 g/mol. The van der Waals surface area contributed by atoms with Gasteiger partial charge in [-0.2, -0.15) is 0 Å². The maximum atomic E-state index is 13.9. The molecule has 4 nitrogen and oxygen atoms in total. The highest BCUT2D eigenvalue weighted by atomic mass is 32.2. The quantitative estimate of drug-likeness (QED) is 0.435. The van der Waals surface area contributed by atoms with Gasteiger partial charge >= 0.3 is 0 Å². The van der Waals surface area contributed by atoms with Crippen molar-refractivity contribution in [1.29, 1.82) is 0 Å². The van der Waals surface area contributed by atoms with Crippen LogP contribution in [0.1, 0.15) is 57.7 Å². The lowest BCUT2D eigenvalue weighted by atomic mass is 9.87. The largest absolute Gasteiger partial charge is 0.483 e. The van der Waals surface area contributed by atoms with Crippen LogP contribution in [0.15, 0.2) is 53.7 Å². The summed E-state index contributed by atoms with van der Waals surface area (Å²) in [5, 5.41) is 9.43.